The van der Waals surface area contributed by atoms with Gasteiger partial charge in [0.05, 0.1) is 5.71 Å². The zero-order chi connectivity index (χ0) is 16.7. The zero-order valence-electron chi connectivity index (χ0n) is 14.2. The van der Waals surface area contributed by atoms with Crippen LogP contribution in [0.25, 0.3) is 10.7 Å². The number of benzene rings is 2. The molecule has 0 aliphatic heterocycles. The van der Waals surface area contributed by atoms with E-state index in [0.29, 0.717) is 0 Å². The fourth-order valence-electron chi connectivity index (χ4n) is 2.19. The van der Waals surface area contributed by atoms with Gasteiger partial charge in [-0.3, -0.25) is 0 Å². The van der Waals surface area contributed by atoms with E-state index in [1.807, 2.05) is 12.1 Å². The highest BCUT2D eigenvalue weighted by Gasteiger charge is 2.03. The molecule has 0 N–H and O–H groups in total. The summed E-state index contributed by atoms with van der Waals surface area (Å²) in [7, 11) is -1.45. The van der Waals surface area contributed by atoms with Crippen molar-refractivity contribution in [2.45, 2.75) is 26.2 Å². The molecule has 0 unspecified atom stereocenters. The normalized spacial score (nSPS) is 12.8. The molecule has 0 amide bonds. The predicted molar refractivity (Wildman–Crippen MR) is 106 cm³/mol. The van der Waals surface area contributed by atoms with Gasteiger partial charge in [0.25, 0.3) is 0 Å². The average molecular weight is 336 g/mol. The number of hydrogen-bond acceptors (Lipinski definition) is 1. The molecule has 0 atom stereocenters. The van der Waals surface area contributed by atoms with Crippen molar-refractivity contribution in [3.63, 3.8) is 0 Å². The van der Waals surface area contributed by atoms with Crippen molar-refractivity contribution >= 4 is 29.3 Å². The molecule has 0 bridgehead atoms. The Bertz CT molecular complexity index is 662. The number of allylic oxidation sites excluding steroid dienone is 1. The van der Waals surface area contributed by atoms with Gasteiger partial charge in [0.1, 0.15) is 0 Å². The molecule has 118 valence electrons. The van der Waals surface area contributed by atoms with Crippen LogP contribution in [0.5, 0.6) is 0 Å². The number of nitrogens with zero attached hydrogens (tertiary/aromatic N) is 2. The number of rotatable bonds is 6. The summed E-state index contributed by atoms with van der Waals surface area (Å²) in [6, 6.07) is 20.8. The molecule has 2 aromatic carbocycles. The van der Waals surface area contributed by atoms with Crippen molar-refractivity contribution in [3.8, 4) is 0 Å². The van der Waals surface area contributed by atoms with Crippen molar-refractivity contribution < 1.29 is 0 Å². The van der Waals surface area contributed by atoms with E-state index < -0.39 is 17.9 Å². The van der Waals surface area contributed by atoms with Gasteiger partial charge in [0.2, 0.25) is 0 Å². The van der Waals surface area contributed by atoms with Crippen LogP contribution in [-0.4, -0.2) is 23.6 Å². The van der Waals surface area contributed by atoms with Gasteiger partial charge in [0, 0.05) is 0 Å². The van der Waals surface area contributed by atoms with Crippen molar-refractivity contribution in [1.82, 2.24) is 0 Å². The highest BCUT2D eigenvalue weighted by Crippen LogP contribution is 2.23. The molecule has 0 heterocycles. The van der Waals surface area contributed by atoms with Crippen molar-refractivity contribution in [1.29, 1.82) is 0 Å². The SMILES string of the molecule is C[Si](C)/N=C(/C=C(/[N-][Si](C)C)c1ccccc1)c1ccccc1. The second-order valence-electron chi connectivity index (χ2n) is 5.76. The van der Waals surface area contributed by atoms with E-state index >= 15 is 0 Å². The van der Waals surface area contributed by atoms with Crippen molar-refractivity contribution in [3.05, 3.63) is 82.8 Å². The summed E-state index contributed by atoms with van der Waals surface area (Å²) in [5, 5.41) is 0. The third-order valence-electron chi connectivity index (χ3n) is 3.10. The molecule has 2 rings (SSSR count). The summed E-state index contributed by atoms with van der Waals surface area (Å²) in [5.41, 5.74) is 4.39. The molecule has 0 aliphatic rings. The molecule has 23 heavy (non-hydrogen) atoms. The van der Waals surface area contributed by atoms with Crippen LogP contribution in [0.15, 0.2) is 71.4 Å². The molecule has 0 saturated carbocycles. The quantitative estimate of drug-likeness (QED) is 0.499. The van der Waals surface area contributed by atoms with Crippen molar-refractivity contribution in [2.75, 3.05) is 0 Å². The minimum absolute atomic E-state index is 0.725. The van der Waals surface area contributed by atoms with Crippen LogP contribution in [0.1, 0.15) is 11.1 Å². The van der Waals surface area contributed by atoms with Crippen LogP contribution in [0, 0.1) is 0 Å². The molecular weight excluding hydrogens is 312 g/mol. The summed E-state index contributed by atoms with van der Waals surface area (Å²) in [5.74, 6) is 0. The van der Waals surface area contributed by atoms with Gasteiger partial charge in [-0.1, -0.05) is 102 Å². The first-order chi connectivity index (χ1) is 11.1. The van der Waals surface area contributed by atoms with Gasteiger partial charge >= 0.3 is 0 Å². The molecule has 0 fully saturated rings. The van der Waals surface area contributed by atoms with E-state index in [0.717, 1.165) is 22.5 Å². The molecule has 0 aromatic heterocycles. The fourth-order valence-corrected chi connectivity index (χ4v) is 3.54. The van der Waals surface area contributed by atoms with E-state index in [1.165, 1.54) is 0 Å². The van der Waals surface area contributed by atoms with Crippen molar-refractivity contribution in [2.24, 2.45) is 4.66 Å². The lowest BCUT2D eigenvalue weighted by molar-refractivity contribution is 1.58. The van der Waals surface area contributed by atoms with Gasteiger partial charge in [-0.25, -0.2) is 0 Å². The largest absolute Gasteiger partial charge is 0.689 e. The first kappa shape index (κ1) is 17.4. The van der Waals surface area contributed by atoms with Gasteiger partial charge in [0.15, 0.2) is 8.96 Å². The number of hydrogen-bond donors (Lipinski definition) is 0. The smallest absolute Gasteiger partial charge is 0.190 e. The molecule has 0 saturated heterocycles. The van der Waals surface area contributed by atoms with Crippen LogP contribution < -0.4 is 0 Å². The van der Waals surface area contributed by atoms with Gasteiger partial charge in [-0.05, 0) is 11.1 Å². The molecular formula is C19H23N2Si2-. The maximum absolute atomic E-state index is 4.91. The Kier molecular flexibility index (Phi) is 6.56. The Labute approximate surface area is 143 Å². The molecule has 0 aliphatic carbocycles. The van der Waals surface area contributed by atoms with E-state index in [4.69, 9.17) is 9.64 Å². The average Bonchev–Trinajstić information content (AvgIpc) is 2.54. The zero-order valence-corrected chi connectivity index (χ0v) is 16.2. The molecule has 2 aromatic rings. The topological polar surface area (TPSA) is 26.5 Å². The summed E-state index contributed by atoms with van der Waals surface area (Å²) >= 11 is 0. The lowest BCUT2D eigenvalue weighted by Crippen LogP contribution is -2.07. The Morgan fingerprint density at radius 1 is 0.826 bits per heavy atom. The summed E-state index contributed by atoms with van der Waals surface area (Å²) < 4.78 is 4.91. The van der Waals surface area contributed by atoms with Gasteiger partial charge in [-0.2, -0.15) is 0 Å². The molecule has 4 heteroatoms. The van der Waals surface area contributed by atoms with Crippen LogP contribution in [0.2, 0.25) is 26.2 Å². The maximum atomic E-state index is 4.91. The monoisotopic (exact) mass is 335 g/mol. The summed E-state index contributed by atoms with van der Waals surface area (Å²) in [6.45, 7) is 8.82. The first-order valence-corrected chi connectivity index (χ1v) is 12.7. The Hall–Kier alpha value is -1.92. The fraction of sp³-hybridized carbons (Fsp3) is 0.211. The Morgan fingerprint density at radius 3 is 1.83 bits per heavy atom. The second kappa shape index (κ2) is 8.65. The van der Waals surface area contributed by atoms with Crippen LogP contribution in [-0.2, 0) is 0 Å². The highest BCUT2D eigenvalue weighted by molar-refractivity contribution is 6.64. The Morgan fingerprint density at radius 2 is 1.35 bits per heavy atom. The van der Waals surface area contributed by atoms with Gasteiger partial charge in [-0.15, -0.1) is 5.70 Å². The lowest BCUT2D eigenvalue weighted by atomic mass is 10.1. The van der Waals surface area contributed by atoms with Gasteiger partial charge < -0.3 is 9.64 Å². The lowest BCUT2D eigenvalue weighted by Gasteiger charge is -2.29. The third-order valence-corrected chi connectivity index (χ3v) is 4.48. The third kappa shape index (κ3) is 5.65. The summed E-state index contributed by atoms with van der Waals surface area (Å²) in [4.78, 5) is 4.91. The molecule has 2 radical (unpaired) electrons. The van der Waals surface area contributed by atoms with E-state index in [2.05, 4.69) is 80.8 Å². The van der Waals surface area contributed by atoms with E-state index in [1.54, 1.807) is 0 Å². The highest BCUT2D eigenvalue weighted by atomic mass is 28.3. The minimum atomic E-state index is -0.725. The molecule has 2 nitrogen and oxygen atoms in total. The standard InChI is InChI=1S/C19H23N2Si2/c1-22(2)20-18(16-11-7-5-8-12-16)15-19(21-23(3)4)17-13-9-6-10-14-17/h5-15H,1-4H3/q-1/b18-15+,21-19-. The Balaban J connectivity index is 2.48. The van der Waals surface area contributed by atoms with Crippen LogP contribution in [0.3, 0.4) is 0 Å². The minimum Gasteiger partial charge on any atom is -0.689 e. The second-order valence-corrected chi connectivity index (χ2v) is 10.0. The first-order valence-electron chi connectivity index (χ1n) is 7.79. The summed E-state index contributed by atoms with van der Waals surface area (Å²) in [6.07, 6.45) is 2.15. The van der Waals surface area contributed by atoms with E-state index in [9.17, 15) is 0 Å². The maximum Gasteiger partial charge on any atom is 0.190 e. The predicted octanol–water partition coefficient (Wildman–Crippen LogP) is 5.39. The van der Waals surface area contributed by atoms with Crippen LogP contribution >= 0.6 is 0 Å². The van der Waals surface area contributed by atoms with E-state index in [-0.39, 0.29) is 0 Å². The van der Waals surface area contributed by atoms with Crippen LogP contribution in [0.4, 0.5) is 0 Å². The molecule has 0 spiro atoms.